The number of nitrogens with zero attached hydrogens (tertiary/aromatic N) is 3. The maximum Gasteiger partial charge on any atom is 0.274 e. The van der Waals surface area contributed by atoms with E-state index in [1.54, 1.807) is 29.0 Å². The summed E-state index contributed by atoms with van der Waals surface area (Å²) in [4.78, 5) is 18.7. The maximum atomic E-state index is 12.1. The van der Waals surface area contributed by atoms with Gasteiger partial charge in [0.25, 0.3) is 5.91 Å². The van der Waals surface area contributed by atoms with E-state index in [9.17, 15) is 4.79 Å². The second-order valence-electron chi connectivity index (χ2n) is 4.36. The van der Waals surface area contributed by atoms with Crippen molar-refractivity contribution in [2.45, 2.75) is 6.54 Å². The summed E-state index contributed by atoms with van der Waals surface area (Å²) in [5, 5.41) is 10.6. The van der Waals surface area contributed by atoms with Crippen LogP contribution in [0.2, 0.25) is 0 Å². The summed E-state index contributed by atoms with van der Waals surface area (Å²) >= 11 is 1.50. The summed E-state index contributed by atoms with van der Waals surface area (Å²) in [6.45, 7) is 0.359. The minimum Gasteiger partial charge on any atom is -0.384 e. The molecule has 0 saturated carbocycles. The van der Waals surface area contributed by atoms with Crippen LogP contribution in [0.4, 0.5) is 0 Å². The molecule has 5 nitrogen and oxygen atoms in total. The van der Waals surface area contributed by atoms with Gasteiger partial charge in [-0.2, -0.15) is 0 Å². The van der Waals surface area contributed by atoms with E-state index >= 15 is 0 Å². The largest absolute Gasteiger partial charge is 0.384 e. The number of amides is 1. The van der Waals surface area contributed by atoms with Crippen LogP contribution in [0, 0.1) is 11.8 Å². The van der Waals surface area contributed by atoms with Crippen molar-refractivity contribution in [2.75, 3.05) is 13.7 Å². The van der Waals surface area contributed by atoms with Crippen LogP contribution in [-0.2, 0) is 13.6 Å². The molecule has 0 radical (unpaired) electrons. The van der Waals surface area contributed by atoms with E-state index in [1.807, 2.05) is 18.5 Å². The van der Waals surface area contributed by atoms with Crippen molar-refractivity contribution < 1.29 is 9.90 Å². The lowest BCUT2D eigenvalue weighted by Crippen LogP contribution is -2.26. The Bertz CT molecular complexity index is 663. The second kappa shape index (κ2) is 6.37. The SMILES string of the molecule is CN(Cc1csc(C#CCO)c1)C(=O)c1cn(C)cn1. The van der Waals surface area contributed by atoms with Gasteiger partial charge in [0, 0.05) is 26.8 Å². The Morgan fingerprint density at radius 3 is 3.05 bits per heavy atom. The summed E-state index contributed by atoms with van der Waals surface area (Å²) in [6.07, 6.45) is 3.30. The molecule has 2 aromatic heterocycles. The first-order valence-corrected chi connectivity index (χ1v) is 6.88. The van der Waals surface area contributed by atoms with Gasteiger partial charge in [-0.25, -0.2) is 4.98 Å². The molecule has 0 aliphatic heterocycles. The highest BCUT2D eigenvalue weighted by Crippen LogP contribution is 2.15. The van der Waals surface area contributed by atoms with Gasteiger partial charge in [0.05, 0.1) is 11.2 Å². The first-order valence-electron chi connectivity index (χ1n) is 6.00. The second-order valence-corrected chi connectivity index (χ2v) is 5.28. The fraction of sp³-hybridized carbons (Fsp3) is 0.286. The molecule has 0 unspecified atom stereocenters. The van der Waals surface area contributed by atoms with E-state index in [0.717, 1.165) is 10.4 Å². The molecule has 2 aromatic rings. The van der Waals surface area contributed by atoms with Crippen LogP contribution in [-0.4, -0.2) is 39.1 Å². The number of aliphatic hydroxyl groups excluding tert-OH is 1. The van der Waals surface area contributed by atoms with E-state index in [2.05, 4.69) is 16.8 Å². The molecule has 6 heteroatoms. The molecular formula is C14H15N3O2S. The highest BCUT2D eigenvalue weighted by atomic mass is 32.1. The molecule has 0 bridgehead atoms. The quantitative estimate of drug-likeness (QED) is 0.861. The summed E-state index contributed by atoms with van der Waals surface area (Å²) in [7, 11) is 3.57. The topological polar surface area (TPSA) is 58.4 Å². The molecule has 0 atom stereocenters. The standard InChI is InChI=1S/C14H15N3O2S/c1-16-8-13(15-10-16)14(19)17(2)7-11-6-12(20-9-11)4-3-5-18/h6,8-10,18H,5,7H2,1-2H3. The molecule has 1 amide bonds. The van der Waals surface area contributed by atoms with Crippen LogP contribution in [0.25, 0.3) is 0 Å². The minimum atomic E-state index is -0.148. The third-order valence-electron chi connectivity index (χ3n) is 2.63. The molecule has 0 spiro atoms. The van der Waals surface area contributed by atoms with Crippen molar-refractivity contribution in [3.8, 4) is 11.8 Å². The van der Waals surface area contributed by atoms with Crippen LogP contribution < -0.4 is 0 Å². The van der Waals surface area contributed by atoms with Gasteiger partial charge in [0.15, 0.2) is 0 Å². The monoisotopic (exact) mass is 289 g/mol. The smallest absolute Gasteiger partial charge is 0.274 e. The normalized spacial score (nSPS) is 9.95. The van der Waals surface area contributed by atoms with Gasteiger partial charge in [-0.05, 0) is 17.0 Å². The van der Waals surface area contributed by atoms with Gasteiger partial charge >= 0.3 is 0 Å². The average molecular weight is 289 g/mol. The summed E-state index contributed by atoms with van der Waals surface area (Å²) in [5.41, 5.74) is 1.45. The van der Waals surface area contributed by atoms with E-state index in [1.165, 1.54) is 11.3 Å². The number of rotatable bonds is 3. The highest BCUT2D eigenvalue weighted by Gasteiger charge is 2.14. The molecule has 0 aliphatic rings. The Hall–Kier alpha value is -2.10. The molecule has 2 rings (SSSR count). The molecule has 1 N–H and O–H groups in total. The fourth-order valence-corrected chi connectivity index (χ4v) is 2.49. The number of imidazole rings is 1. The van der Waals surface area contributed by atoms with Gasteiger partial charge in [0.2, 0.25) is 0 Å². The van der Waals surface area contributed by atoms with Gasteiger partial charge in [-0.15, -0.1) is 11.3 Å². The van der Waals surface area contributed by atoms with Crippen molar-refractivity contribution in [2.24, 2.45) is 7.05 Å². The zero-order chi connectivity index (χ0) is 14.5. The zero-order valence-electron chi connectivity index (χ0n) is 11.3. The van der Waals surface area contributed by atoms with Crippen LogP contribution in [0.1, 0.15) is 20.9 Å². The van der Waals surface area contributed by atoms with Crippen molar-refractivity contribution >= 4 is 17.2 Å². The lowest BCUT2D eigenvalue weighted by atomic mass is 10.3. The summed E-state index contributed by atoms with van der Waals surface area (Å²) < 4.78 is 1.74. The van der Waals surface area contributed by atoms with Crippen LogP contribution in [0.15, 0.2) is 24.0 Å². The van der Waals surface area contributed by atoms with Gasteiger partial charge in [-0.3, -0.25) is 4.79 Å². The Labute approximate surface area is 121 Å². The average Bonchev–Trinajstić information content (AvgIpc) is 3.04. The van der Waals surface area contributed by atoms with Crippen molar-refractivity contribution in [1.82, 2.24) is 14.5 Å². The summed E-state index contributed by atoms with van der Waals surface area (Å²) in [5.74, 6) is 5.35. The number of hydrogen-bond donors (Lipinski definition) is 1. The van der Waals surface area contributed by atoms with Gasteiger partial charge in [-0.1, -0.05) is 11.8 Å². The minimum absolute atomic E-state index is 0.111. The number of aromatic nitrogens is 2. The van der Waals surface area contributed by atoms with Crippen molar-refractivity contribution in [1.29, 1.82) is 0 Å². The van der Waals surface area contributed by atoms with E-state index in [-0.39, 0.29) is 12.5 Å². The first kappa shape index (κ1) is 14.3. The predicted octanol–water partition coefficient (Wildman–Crippen LogP) is 1.10. The summed E-state index contributed by atoms with van der Waals surface area (Å²) in [6, 6.07) is 1.93. The Morgan fingerprint density at radius 2 is 2.40 bits per heavy atom. The third-order valence-corrected chi connectivity index (χ3v) is 3.53. The highest BCUT2D eigenvalue weighted by molar-refractivity contribution is 7.10. The fourth-order valence-electron chi connectivity index (χ4n) is 1.72. The number of thiophene rings is 1. The van der Waals surface area contributed by atoms with E-state index < -0.39 is 0 Å². The lowest BCUT2D eigenvalue weighted by Gasteiger charge is -2.14. The van der Waals surface area contributed by atoms with Crippen molar-refractivity contribution in [3.05, 3.63) is 40.1 Å². The molecule has 20 heavy (non-hydrogen) atoms. The van der Waals surface area contributed by atoms with Gasteiger partial charge < -0.3 is 14.6 Å². The molecule has 2 heterocycles. The van der Waals surface area contributed by atoms with Crippen LogP contribution in [0.5, 0.6) is 0 Å². The van der Waals surface area contributed by atoms with Crippen molar-refractivity contribution in [3.63, 3.8) is 0 Å². The van der Waals surface area contributed by atoms with Crippen LogP contribution in [0.3, 0.4) is 0 Å². The molecule has 104 valence electrons. The number of aryl methyl sites for hydroxylation is 1. The molecule has 0 aromatic carbocycles. The predicted molar refractivity (Wildman–Crippen MR) is 77.3 cm³/mol. The number of hydrogen-bond acceptors (Lipinski definition) is 4. The molecule has 0 aliphatic carbocycles. The van der Waals surface area contributed by atoms with Gasteiger partial charge in [0.1, 0.15) is 12.3 Å². The number of carbonyl (C=O) groups excluding carboxylic acids is 1. The van der Waals surface area contributed by atoms with E-state index in [4.69, 9.17) is 5.11 Å². The zero-order valence-corrected chi connectivity index (χ0v) is 12.1. The third kappa shape index (κ3) is 3.47. The molecular weight excluding hydrogens is 274 g/mol. The molecule has 0 fully saturated rings. The molecule has 0 saturated heterocycles. The Kier molecular flexibility index (Phi) is 4.56. The van der Waals surface area contributed by atoms with E-state index in [0.29, 0.717) is 12.2 Å². The first-order chi connectivity index (χ1) is 9.60. The maximum absolute atomic E-state index is 12.1. The lowest BCUT2D eigenvalue weighted by molar-refractivity contribution is 0.0780. The van der Waals surface area contributed by atoms with Crippen LogP contribution >= 0.6 is 11.3 Å². The Balaban J connectivity index is 2.02. The number of carbonyl (C=O) groups is 1. The Morgan fingerprint density at radius 1 is 1.60 bits per heavy atom. The number of aliphatic hydroxyl groups is 1.